The molecule has 0 fully saturated rings. The number of sulfonamides is 1. The smallest absolute Gasteiger partial charge is 0.331 e. The molecule has 0 radical (unpaired) electrons. The molecule has 1 aromatic carbocycles. The highest BCUT2D eigenvalue weighted by Crippen LogP contribution is 2.14. The fourth-order valence-electron chi connectivity index (χ4n) is 1.78. The number of carbonyl (C=O) groups is 2. The maximum atomic E-state index is 12.0. The highest BCUT2D eigenvalue weighted by Gasteiger charge is 2.17. The molecule has 9 heteroatoms. The topological polar surface area (TPSA) is 116 Å². The molecule has 0 aliphatic rings. The van der Waals surface area contributed by atoms with E-state index in [1.807, 2.05) is 17.5 Å². The number of nitrogens with one attached hydrogen (secondary N) is 1. The van der Waals surface area contributed by atoms with Crippen LogP contribution in [0.2, 0.25) is 0 Å². The second kappa shape index (κ2) is 8.06. The molecule has 7 nitrogen and oxygen atoms in total. The Hall–Kier alpha value is -2.49. The van der Waals surface area contributed by atoms with Crippen LogP contribution < -0.4 is 10.5 Å². The van der Waals surface area contributed by atoms with Crippen LogP contribution in [0.3, 0.4) is 0 Å². The molecule has 132 valence electrons. The van der Waals surface area contributed by atoms with Crippen LogP contribution in [0.15, 0.2) is 52.7 Å². The summed E-state index contributed by atoms with van der Waals surface area (Å²) in [4.78, 5) is 24.5. The molecule has 1 amide bonds. The molecule has 1 atom stereocenters. The summed E-state index contributed by atoms with van der Waals surface area (Å²) in [5, 5.41) is 9.40. The van der Waals surface area contributed by atoms with Crippen molar-refractivity contribution in [3.05, 3.63) is 52.7 Å². The monoisotopic (exact) mass is 380 g/mol. The van der Waals surface area contributed by atoms with Crippen LogP contribution in [0.1, 0.15) is 11.8 Å². The van der Waals surface area contributed by atoms with Gasteiger partial charge in [-0.3, -0.25) is 4.79 Å². The molecule has 0 saturated carbocycles. The molecule has 1 heterocycles. The van der Waals surface area contributed by atoms with Crippen LogP contribution >= 0.6 is 11.3 Å². The van der Waals surface area contributed by atoms with E-state index in [2.05, 4.69) is 5.32 Å². The quantitative estimate of drug-likeness (QED) is 0.587. The normalized spacial score (nSPS) is 12.7. The first kappa shape index (κ1) is 18.8. The largest absolute Gasteiger partial charge is 0.449 e. The van der Waals surface area contributed by atoms with Crippen molar-refractivity contribution in [2.75, 3.05) is 5.32 Å². The van der Waals surface area contributed by atoms with Crippen molar-refractivity contribution in [3.63, 3.8) is 0 Å². The van der Waals surface area contributed by atoms with E-state index in [1.54, 1.807) is 6.08 Å². The molecule has 1 aromatic heterocycles. The zero-order valence-corrected chi connectivity index (χ0v) is 14.8. The van der Waals surface area contributed by atoms with Gasteiger partial charge in [0.25, 0.3) is 5.91 Å². The van der Waals surface area contributed by atoms with Crippen LogP contribution in [0.4, 0.5) is 5.69 Å². The van der Waals surface area contributed by atoms with E-state index in [-0.39, 0.29) is 4.90 Å². The fraction of sp³-hybridized carbons (Fsp3) is 0.125. The number of ether oxygens (including phenoxy) is 1. The van der Waals surface area contributed by atoms with E-state index in [9.17, 15) is 18.0 Å². The molecular formula is C16H16N2O5S2. The number of anilines is 1. The number of hydrogen-bond donors (Lipinski definition) is 2. The SMILES string of the molecule is C[C@H](OC(=O)/C=C/c1cccs1)C(=O)Nc1ccc(S(N)(=O)=O)cc1. The molecule has 25 heavy (non-hydrogen) atoms. The van der Waals surface area contributed by atoms with Gasteiger partial charge in [0, 0.05) is 16.6 Å². The number of primary sulfonamides is 1. The summed E-state index contributed by atoms with van der Waals surface area (Å²) in [5.41, 5.74) is 0.356. The molecule has 2 aromatic rings. The molecule has 0 aliphatic heterocycles. The van der Waals surface area contributed by atoms with Gasteiger partial charge >= 0.3 is 5.97 Å². The lowest BCUT2D eigenvalue weighted by Gasteiger charge is -2.12. The van der Waals surface area contributed by atoms with Gasteiger partial charge in [-0.1, -0.05) is 6.07 Å². The summed E-state index contributed by atoms with van der Waals surface area (Å²) in [6.07, 6.45) is 1.83. The van der Waals surface area contributed by atoms with Crippen LogP contribution in [0.5, 0.6) is 0 Å². The van der Waals surface area contributed by atoms with E-state index >= 15 is 0 Å². The van der Waals surface area contributed by atoms with Crippen molar-refractivity contribution < 1.29 is 22.7 Å². The molecule has 3 N–H and O–H groups in total. The number of nitrogens with two attached hydrogens (primary N) is 1. The zero-order valence-electron chi connectivity index (χ0n) is 13.2. The van der Waals surface area contributed by atoms with E-state index in [0.717, 1.165) is 4.88 Å². The Labute approximate surface area is 149 Å². The number of hydrogen-bond acceptors (Lipinski definition) is 6. The summed E-state index contributed by atoms with van der Waals surface area (Å²) < 4.78 is 27.4. The highest BCUT2D eigenvalue weighted by atomic mass is 32.2. The van der Waals surface area contributed by atoms with E-state index in [4.69, 9.17) is 9.88 Å². The van der Waals surface area contributed by atoms with Crippen molar-refractivity contribution in [2.24, 2.45) is 5.14 Å². The summed E-state index contributed by atoms with van der Waals surface area (Å²) in [5.74, 6) is -1.18. The van der Waals surface area contributed by atoms with Gasteiger partial charge in [0.2, 0.25) is 10.0 Å². The predicted octanol–water partition coefficient (Wildman–Crippen LogP) is 1.98. The summed E-state index contributed by atoms with van der Waals surface area (Å²) in [6, 6.07) is 9.02. The van der Waals surface area contributed by atoms with E-state index in [1.165, 1.54) is 48.6 Å². The molecular weight excluding hydrogens is 364 g/mol. The lowest BCUT2D eigenvalue weighted by atomic mass is 10.3. The Bertz CT molecular complexity index is 872. The third-order valence-electron chi connectivity index (χ3n) is 3.04. The molecule has 0 aliphatic carbocycles. The molecule has 0 bridgehead atoms. The second-order valence-electron chi connectivity index (χ2n) is 4.99. The lowest BCUT2D eigenvalue weighted by Crippen LogP contribution is -2.29. The third-order valence-corrected chi connectivity index (χ3v) is 4.81. The maximum Gasteiger partial charge on any atom is 0.331 e. The Kier molecular flexibility index (Phi) is 6.07. The average Bonchev–Trinajstić information content (AvgIpc) is 3.06. The van der Waals surface area contributed by atoms with Crippen molar-refractivity contribution in [2.45, 2.75) is 17.9 Å². The van der Waals surface area contributed by atoms with Gasteiger partial charge in [-0.25, -0.2) is 18.4 Å². The van der Waals surface area contributed by atoms with Crippen LogP contribution in [0.25, 0.3) is 6.08 Å². The Morgan fingerprint density at radius 1 is 1.24 bits per heavy atom. The number of amides is 1. The number of carbonyl (C=O) groups excluding carboxylic acids is 2. The summed E-state index contributed by atoms with van der Waals surface area (Å²) in [6.45, 7) is 1.44. The van der Waals surface area contributed by atoms with Crippen LogP contribution in [-0.4, -0.2) is 26.4 Å². The van der Waals surface area contributed by atoms with Crippen molar-refractivity contribution >= 4 is 45.0 Å². The van der Waals surface area contributed by atoms with Crippen molar-refractivity contribution in [1.29, 1.82) is 0 Å². The van der Waals surface area contributed by atoms with Crippen molar-refractivity contribution in [1.82, 2.24) is 0 Å². The molecule has 2 rings (SSSR count). The van der Waals surface area contributed by atoms with Gasteiger partial charge in [-0.2, -0.15) is 0 Å². The number of thiophene rings is 1. The maximum absolute atomic E-state index is 12.0. The molecule has 0 spiro atoms. The van der Waals surface area contributed by atoms with Crippen LogP contribution in [-0.2, 0) is 24.3 Å². The Morgan fingerprint density at radius 2 is 1.92 bits per heavy atom. The minimum atomic E-state index is -3.79. The minimum Gasteiger partial charge on any atom is -0.449 e. The van der Waals surface area contributed by atoms with Gasteiger partial charge in [0.15, 0.2) is 6.10 Å². The van der Waals surface area contributed by atoms with E-state index in [0.29, 0.717) is 5.69 Å². The number of esters is 1. The summed E-state index contributed by atoms with van der Waals surface area (Å²) in [7, 11) is -3.79. The van der Waals surface area contributed by atoms with Gasteiger partial charge in [0.05, 0.1) is 4.90 Å². The first-order valence-corrected chi connectivity index (χ1v) is 9.54. The zero-order chi connectivity index (χ0) is 18.4. The average molecular weight is 380 g/mol. The summed E-state index contributed by atoms with van der Waals surface area (Å²) >= 11 is 1.47. The molecule has 0 saturated heterocycles. The van der Waals surface area contributed by atoms with Gasteiger partial charge < -0.3 is 10.1 Å². The fourth-order valence-corrected chi connectivity index (χ4v) is 2.91. The van der Waals surface area contributed by atoms with Gasteiger partial charge in [0.1, 0.15) is 0 Å². The number of benzene rings is 1. The molecule has 0 unspecified atom stereocenters. The van der Waals surface area contributed by atoms with Crippen molar-refractivity contribution in [3.8, 4) is 0 Å². The first-order valence-electron chi connectivity index (χ1n) is 7.11. The predicted molar refractivity (Wildman–Crippen MR) is 95.4 cm³/mol. The highest BCUT2D eigenvalue weighted by molar-refractivity contribution is 7.89. The number of rotatable bonds is 6. The van der Waals surface area contributed by atoms with E-state index < -0.39 is 28.0 Å². The van der Waals surface area contributed by atoms with Gasteiger partial charge in [-0.05, 0) is 48.7 Å². The second-order valence-corrected chi connectivity index (χ2v) is 7.53. The Morgan fingerprint density at radius 3 is 2.48 bits per heavy atom. The standard InChI is InChI=1S/C16H16N2O5S2/c1-11(23-15(19)9-6-13-3-2-10-24-13)16(20)18-12-4-7-14(8-5-12)25(17,21)22/h2-11H,1H3,(H,18,20)(H2,17,21,22)/b9-6+/t11-/m0/s1. The first-order chi connectivity index (χ1) is 11.8. The minimum absolute atomic E-state index is 0.0660. The van der Waals surface area contributed by atoms with Gasteiger partial charge in [-0.15, -0.1) is 11.3 Å². The lowest BCUT2D eigenvalue weighted by molar-refractivity contribution is -0.148. The Balaban J connectivity index is 1.90. The third kappa shape index (κ3) is 5.82. The van der Waals surface area contributed by atoms with Crippen LogP contribution in [0, 0.1) is 0 Å².